The first kappa shape index (κ1) is 14.4. The molecule has 1 aliphatic rings. The maximum atomic E-state index is 4.74. The third-order valence-corrected chi connectivity index (χ3v) is 3.53. The number of aromatic nitrogens is 2. The maximum Gasteiger partial charge on any atom is 0.130 e. The molecule has 19 heavy (non-hydrogen) atoms. The van der Waals surface area contributed by atoms with Gasteiger partial charge in [0.1, 0.15) is 5.82 Å². The van der Waals surface area contributed by atoms with Crippen LogP contribution in [0.25, 0.3) is 0 Å². The molecule has 0 amide bonds. The molecule has 1 aromatic heterocycles. The largest absolute Gasteiger partial charge is 0.314 e. The quantitative estimate of drug-likeness (QED) is 0.897. The van der Waals surface area contributed by atoms with Gasteiger partial charge in [0.25, 0.3) is 0 Å². The van der Waals surface area contributed by atoms with E-state index in [9.17, 15) is 0 Å². The average molecular weight is 262 g/mol. The first-order chi connectivity index (χ1) is 8.95. The minimum atomic E-state index is 0.0947. The van der Waals surface area contributed by atoms with Gasteiger partial charge in [0.05, 0.1) is 0 Å². The molecule has 0 saturated carbocycles. The Morgan fingerprint density at radius 1 is 1.21 bits per heavy atom. The number of nitrogens with zero attached hydrogens (tertiary/aromatic N) is 3. The third kappa shape index (κ3) is 4.25. The van der Waals surface area contributed by atoms with E-state index >= 15 is 0 Å². The molecule has 0 aromatic carbocycles. The van der Waals surface area contributed by atoms with E-state index in [1.165, 1.54) is 0 Å². The van der Waals surface area contributed by atoms with Crippen LogP contribution in [-0.4, -0.2) is 47.6 Å². The van der Waals surface area contributed by atoms with Crippen LogP contribution in [0, 0.1) is 6.92 Å². The molecule has 106 valence electrons. The lowest BCUT2D eigenvalue weighted by Gasteiger charge is -2.27. The molecule has 1 saturated heterocycles. The summed E-state index contributed by atoms with van der Waals surface area (Å²) in [6, 6.07) is 2.11. The van der Waals surface area contributed by atoms with Gasteiger partial charge in [0, 0.05) is 55.9 Å². The van der Waals surface area contributed by atoms with Gasteiger partial charge in [-0.2, -0.15) is 0 Å². The fourth-order valence-electron chi connectivity index (χ4n) is 2.32. The van der Waals surface area contributed by atoms with Crippen molar-refractivity contribution in [2.24, 2.45) is 0 Å². The van der Waals surface area contributed by atoms with Crippen molar-refractivity contribution in [3.05, 3.63) is 23.3 Å². The van der Waals surface area contributed by atoms with Crippen molar-refractivity contribution < 1.29 is 0 Å². The van der Waals surface area contributed by atoms with Gasteiger partial charge in [-0.15, -0.1) is 0 Å². The lowest BCUT2D eigenvalue weighted by Crippen LogP contribution is -2.44. The third-order valence-electron chi connectivity index (χ3n) is 3.53. The zero-order chi connectivity index (χ0) is 13.9. The van der Waals surface area contributed by atoms with E-state index in [4.69, 9.17) is 4.98 Å². The summed E-state index contributed by atoms with van der Waals surface area (Å²) in [5.41, 5.74) is 2.32. The number of rotatable bonds is 3. The summed E-state index contributed by atoms with van der Waals surface area (Å²) in [5, 5.41) is 3.38. The molecule has 1 aliphatic heterocycles. The van der Waals surface area contributed by atoms with Gasteiger partial charge in [-0.05, 0) is 13.0 Å². The average Bonchev–Trinajstić information content (AvgIpc) is 2.36. The molecule has 4 heteroatoms. The molecule has 1 fully saturated rings. The molecule has 0 spiro atoms. The van der Waals surface area contributed by atoms with Crippen LogP contribution >= 0.6 is 0 Å². The second-order valence-electron chi connectivity index (χ2n) is 6.40. The van der Waals surface area contributed by atoms with E-state index in [1.54, 1.807) is 0 Å². The van der Waals surface area contributed by atoms with Crippen molar-refractivity contribution in [2.45, 2.75) is 39.5 Å². The minimum Gasteiger partial charge on any atom is -0.314 e. The lowest BCUT2D eigenvalue weighted by molar-refractivity contribution is 0.242. The van der Waals surface area contributed by atoms with Crippen molar-refractivity contribution >= 4 is 0 Å². The van der Waals surface area contributed by atoms with Crippen LogP contribution < -0.4 is 5.32 Å². The molecule has 1 N–H and O–H groups in total. The van der Waals surface area contributed by atoms with Crippen LogP contribution in [-0.2, 0) is 11.8 Å². The smallest absolute Gasteiger partial charge is 0.130 e. The topological polar surface area (TPSA) is 41.1 Å². The highest BCUT2D eigenvalue weighted by Crippen LogP contribution is 2.20. The zero-order valence-electron chi connectivity index (χ0n) is 12.7. The summed E-state index contributed by atoms with van der Waals surface area (Å²) in [6.07, 6.45) is 0.949. The zero-order valence-corrected chi connectivity index (χ0v) is 12.7. The van der Waals surface area contributed by atoms with Gasteiger partial charge in [0.2, 0.25) is 0 Å². The first-order valence-corrected chi connectivity index (χ1v) is 7.23. The summed E-state index contributed by atoms with van der Waals surface area (Å²) in [6.45, 7) is 14.2. The van der Waals surface area contributed by atoms with Crippen LogP contribution in [0.2, 0.25) is 0 Å². The van der Waals surface area contributed by atoms with Crippen LogP contribution in [0.5, 0.6) is 0 Å². The van der Waals surface area contributed by atoms with E-state index in [1.807, 2.05) is 0 Å². The van der Waals surface area contributed by atoms with Gasteiger partial charge in [-0.25, -0.2) is 9.97 Å². The summed E-state index contributed by atoms with van der Waals surface area (Å²) in [4.78, 5) is 11.8. The van der Waals surface area contributed by atoms with E-state index in [-0.39, 0.29) is 5.41 Å². The van der Waals surface area contributed by atoms with Crippen molar-refractivity contribution in [2.75, 3.05) is 32.7 Å². The Hall–Kier alpha value is -1.00. The fraction of sp³-hybridized carbons (Fsp3) is 0.733. The lowest BCUT2D eigenvalue weighted by atomic mass is 9.91. The standard InChI is InChI=1S/C15H26N4/c1-12-11-13(15(2,3)4)18-14(17-12)5-8-19-9-6-16-7-10-19/h11,16H,5-10H2,1-4H3. The molecule has 0 unspecified atom stereocenters. The van der Waals surface area contributed by atoms with E-state index in [0.717, 1.165) is 56.4 Å². The van der Waals surface area contributed by atoms with Crippen LogP contribution in [0.1, 0.15) is 38.0 Å². The molecule has 0 bridgehead atoms. The molecule has 0 radical (unpaired) electrons. The Kier molecular flexibility index (Phi) is 4.53. The molecule has 4 nitrogen and oxygen atoms in total. The Balaban J connectivity index is 2.01. The van der Waals surface area contributed by atoms with Crippen LogP contribution in [0.4, 0.5) is 0 Å². The highest BCUT2D eigenvalue weighted by Gasteiger charge is 2.17. The van der Waals surface area contributed by atoms with E-state index < -0.39 is 0 Å². The minimum absolute atomic E-state index is 0.0947. The monoisotopic (exact) mass is 262 g/mol. The molecular formula is C15H26N4. The van der Waals surface area contributed by atoms with E-state index in [2.05, 4.69) is 49.0 Å². The molecule has 0 atom stereocenters. The normalized spacial score (nSPS) is 17.7. The molecular weight excluding hydrogens is 236 g/mol. The number of hydrogen-bond donors (Lipinski definition) is 1. The van der Waals surface area contributed by atoms with Gasteiger partial charge >= 0.3 is 0 Å². The second kappa shape index (κ2) is 5.97. The highest BCUT2D eigenvalue weighted by atomic mass is 15.2. The summed E-state index contributed by atoms with van der Waals surface area (Å²) in [7, 11) is 0. The van der Waals surface area contributed by atoms with Crippen molar-refractivity contribution in [1.82, 2.24) is 20.2 Å². The Bertz CT molecular complexity index is 417. The molecule has 0 aliphatic carbocycles. The van der Waals surface area contributed by atoms with Gasteiger partial charge in [0.15, 0.2) is 0 Å². The van der Waals surface area contributed by atoms with Gasteiger partial charge in [-0.3, -0.25) is 0 Å². The molecule has 2 rings (SSSR count). The number of hydrogen-bond acceptors (Lipinski definition) is 4. The Labute approximate surface area is 116 Å². The molecule has 1 aromatic rings. The van der Waals surface area contributed by atoms with Crippen LogP contribution in [0.15, 0.2) is 6.07 Å². The van der Waals surface area contributed by atoms with E-state index in [0.29, 0.717) is 0 Å². The van der Waals surface area contributed by atoms with Crippen molar-refractivity contribution in [1.29, 1.82) is 0 Å². The van der Waals surface area contributed by atoms with Gasteiger partial charge < -0.3 is 10.2 Å². The number of piperazine rings is 1. The SMILES string of the molecule is Cc1cc(C(C)(C)C)nc(CCN2CCNCC2)n1. The Morgan fingerprint density at radius 3 is 2.53 bits per heavy atom. The Morgan fingerprint density at radius 2 is 1.89 bits per heavy atom. The predicted octanol–water partition coefficient (Wildman–Crippen LogP) is 1.53. The van der Waals surface area contributed by atoms with Gasteiger partial charge in [-0.1, -0.05) is 20.8 Å². The summed E-state index contributed by atoms with van der Waals surface area (Å²) in [5.74, 6) is 0.989. The van der Waals surface area contributed by atoms with Crippen LogP contribution in [0.3, 0.4) is 0 Å². The summed E-state index contributed by atoms with van der Waals surface area (Å²) >= 11 is 0. The van der Waals surface area contributed by atoms with Crippen molar-refractivity contribution in [3.8, 4) is 0 Å². The summed E-state index contributed by atoms with van der Waals surface area (Å²) < 4.78 is 0. The number of nitrogens with one attached hydrogen (secondary N) is 1. The number of aryl methyl sites for hydroxylation is 1. The van der Waals surface area contributed by atoms with Crippen molar-refractivity contribution in [3.63, 3.8) is 0 Å². The predicted molar refractivity (Wildman–Crippen MR) is 78.5 cm³/mol. The molecule has 2 heterocycles. The maximum absolute atomic E-state index is 4.74. The first-order valence-electron chi connectivity index (χ1n) is 7.23. The fourth-order valence-corrected chi connectivity index (χ4v) is 2.32. The highest BCUT2D eigenvalue weighted by molar-refractivity contribution is 5.17. The second-order valence-corrected chi connectivity index (χ2v) is 6.40.